The Morgan fingerprint density at radius 3 is 2.56 bits per heavy atom. The Hall–Kier alpha value is -3.76. The van der Waals surface area contributed by atoms with Gasteiger partial charge in [-0.25, -0.2) is 18.1 Å². The van der Waals surface area contributed by atoms with Crippen LogP contribution in [0, 0.1) is 12.8 Å². The lowest BCUT2D eigenvalue weighted by Crippen LogP contribution is -2.32. The van der Waals surface area contributed by atoms with Crippen LogP contribution in [0.2, 0.25) is 0 Å². The molecule has 4 heterocycles. The summed E-state index contributed by atoms with van der Waals surface area (Å²) in [4.78, 5) is 17.4. The highest BCUT2D eigenvalue weighted by Crippen LogP contribution is 2.41. The van der Waals surface area contributed by atoms with Gasteiger partial charge in [-0.15, -0.1) is 0 Å². The lowest BCUT2D eigenvalue weighted by Gasteiger charge is -2.27. The number of imidazole rings is 1. The van der Waals surface area contributed by atoms with Gasteiger partial charge >= 0.3 is 0 Å². The number of aromatic amines is 1. The molecule has 10 heteroatoms. The van der Waals surface area contributed by atoms with Crippen LogP contribution in [0.1, 0.15) is 48.7 Å². The molecule has 0 amide bonds. The number of ether oxygens (including phenoxy) is 2. The summed E-state index contributed by atoms with van der Waals surface area (Å²) < 4.78 is 39.0. The molecule has 3 aromatic heterocycles. The van der Waals surface area contributed by atoms with Crippen LogP contribution in [0.25, 0.3) is 22.6 Å². The molecule has 2 N–H and O–H groups in total. The van der Waals surface area contributed by atoms with Crippen LogP contribution in [-0.4, -0.2) is 41.7 Å². The third-order valence-corrected chi connectivity index (χ3v) is 8.76. The molecule has 1 aromatic carbocycles. The van der Waals surface area contributed by atoms with Gasteiger partial charge in [0, 0.05) is 36.1 Å². The number of aromatic nitrogens is 4. The molecule has 0 saturated heterocycles. The SMILES string of the molecule is Cc1cccc(-c2[nH]c(C3CCC(CNS(=O)(=O)Cc4ccncc4)CC3)nc2-c2ccc3c(c2)OCO3)n1. The van der Waals surface area contributed by atoms with E-state index in [-0.39, 0.29) is 18.5 Å². The zero-order valence-corrected chi connectivity index (χ0v) is 22.6. The van der Waals surface area contributed by atoms with Crippen LogP contribution >= 0.6 is 0 Å². The first kappa shape index (κ1) is 25.5. The van der Waals surface area contributed by atoms with Gasteiger partial charge in [0.25, 0.3) is 0 Å². The Labute approximate surface area is 228 Å². The first-order valence-corrected chi connectivity index (χ1v) is 14.9. The van der Waals surface area contributed by atoms with Gasteiger partial charge in [-0.2, -0.15) is 0 Å². The average molecular weight is 546 g/mol. The third-order valence-electron chi connectivity index (χ3n) is 7.44. The van der Waals surface area contributed by atoms with Crippen molar-refractivity contribution in [2.45, 2.75) is 44.3 Å². The van der Waals surface area contributed by atoms with Crippen LogP contribution in [0.15, 0.2) is 60.9 Å². The van der Waals surface area contributed by atoms with Gasteiger partial charge in [-0.1, -0.05) is 6.07 Å². The number of H-pyrrole nitrogens is 1. The number of rotatable bonds is 8. The Morgan fingerprint density at radius 1 is 0.974 bits per heavy atom. The molecular formula is C29H31N5O4S. The number of hydrogen-bond donors (Lipinski definition) is 2. The summed E-state index contributed by atoms with van der Waals surface area (Å²) in [6, 6.07) is 15.3. The van der Waals surface area contributed by atoms with Crippen molar-refractivity contribution < 1.29 is 17.9 Å². The van der Waals surface area contributed by atoms with Crippen LogP contribution in [0.5, 0.6) is 11.5 Å². The number of benzene rings is 1. The topological polar surface area (TPSA) is 119 Å². The molecule has 202 valence electrons. The normalized spacial score (nSPS) is 18.8. The van der Waals surface area contributed by atoms with Gasteiger partial charge in [-0.3, -0.25) is 9.97 Å². The Bertz CT molecular complexity index is 1560. The van der Waals surface area contributed by atoms with Crippen molar-refractivity contribution in [1.29, 1.82) is 0 Å². The smallest absolute Gasteiger partial charge is 0.231 e. The van der Waals surface area contributed by atoms with Gasteiger partial charge in [0.15, 0.2) is 11.5 Å². The summed E-state index contributed by atoms with van der Waals surface area (Å²) in [7, 11) is -3.39. The fourth-order valence-corrected chi connectivity index (χ4v) is 6.56. The monoisotopic (exact) mass is 545 g/mol. The molecule has 9 nitrogen and oxygen atoms in total. The van der Waals surface area contributed by atoms with E-state index in [2.05, 4.69) is 14.7 Å². The summed E-state index contributed by atoms with van der Waals surface area (Å²) in [5.74, 6) is 2.93. The summed E-state index contributed by atoms with van der Waals surface area (Å²) in [6.07, 6.45) is 6.95. The molecule has 2 aliphatic rings. The zero-order chi connectivity index (χ0) is 26.8. The Morgan fingerprint density at radius 2 is 1.77 bits per heavy atom. The second-order valence-corrected chi connectivity index (χ2v) is 12.1. The second kappa shape index (κ2) is 10.8. The molecule has 0 radical (unpaired) electrons. The largest absolute Gasteiger partial charge is 0.454 e. The molecule has 1 aliphatic carbocycles. The van der Waals surface area contributed by atoms with E-state index in [4.69, 9.17) is 19.4 Å². The molecule has 0 unspecified atom stereocenters. The predicted octanol–water partition coefficient (Wildman–Crippen LogP) is 4.96. The lowest BCUT2D eigenvalue weighted by molar-refractivity contribution is 0.174. The van der Waals surface area contributed by atoms with Crippen LogP contribution in [0.3, 0.4) is 0 Å². The highest BCUT2D eigenvalue weighted by Gasteiger charge is 2.28. The van der Waals surface area contributed by atoms with E-state index in [1.165, 1.54) is 0 Å². The molecule has 39 heavy (non-hydrogen) atoms. The van der Waals surface area contributed by atoms with Gasteiger partial charge < -0.3 is 14.5 Å². The summed E-state index contributed by atoms with van der Waals surface area (Å²) in [6.45, 7) is 2.66. The highest BCUT2D eigenvalue weighted by atomic mass is 32.2. The number of fused-ring (bicyclic) bond motifs is 1. The van der Waals surface area contributed by atoms with Crippen molar-refractivity contribution in [3.05, 3.63) is 78.0 Å². The number of sulfonamides is 1. The minimum Gasteiger partial charge on any atom is -0.454 e. The number of nitrogens with zero attached hydrogens (tertiary/aromatic N) is 3. The van der Waals surface area contributed by atoms with Crippen molar-refractivity contribution in [3.8, 4) is 34.1 Å². The van der Waals surface area contributed by atoms with Crippen LogP contribution in [-0.2, 0) is 15.8 Å². The average Bonchev–Trinajstić information content (AvgIpc) is 3.60. The van der Waals surface area contributed by atoms with Crippen molar-refractivity contribution in [2.24, 2.45) is 5.92 Å². The number of nitrogens with one attached hydrogen (secondary N) is 2. The molecule has 0 atom stereocenters. The first-order chi connectivity index (χ1) is 18.9. The first-order valence-electron chi connectivity index (χ1n) is 13.2. The molecular weight excluding hydrogens is 514 g/mol. The fraction of sp³-hybridized carbons (Fsp3) is 0.345. The van der Waals surface area contributed by atoms with E-state index in [1.54, 1.807) is 24.5 Å². The van der Waals surface area contributed by atoms with E-state index >= 15 is 0 Å². The lowest BCUT2D eigenvalue weighted by atomic mass is 9.82. The van der Waals surface area contributed by atoms with E-state index < -0.39 is 10.0 Å². The van der Waals surface area contributed by atoms with E-state index in [0.717, 1.165) is 71.2 Å². The minimum atomic E-state index is -3.39. The van der Waals surface area contributed by atoms with Gasteiger partial charge in [0.05, 0.1) is 22.8 Å². The number of aryl methyl sites for hydroxylation is 1. The molecule has 1 saturated carbocycles. The minimum absolute atomic E-state index is 0.0321. The van der Waals surface area contributed by atoms with E-state index in [1.807, 2.05) is 43.3 Å². The maximum absolute atomic E-state index is 12.6. The summed E-state index contributed by atoms with van der Waals surface area (Å²) >= 11 is 0. The molecule has 6 rings (SSSR count). The second-order valence-electron chi connectivity index (χ2n) is 10.3. The quantitative estimate of drug-likeness (QED) is 0.321. The van der Waals surface area contributed by atoms with Gasteiger partial charge in [-0.05, 0) is 86.6 Å². The predicted molar refractivity (Wildman–Crippen MR) is 148 cm³/mol. The number of hydrogen-bond acceptors (Lipinski definition) is 7. The van der Waals surface area contributed by atoms with Crippen molar-refractivity contribution in [1.82, 2.24) is 24.7 Å². The zero-order valence-electron chi connectivity index (χ0n) is 21.8. The van der Waals surface area contributed by atoms with E-state index in [9.17, 15) is 8.42 Å². The molecule has 0 spiro atoms. The molecule has 4 aromatic rings. The Kier molecular flexibility index (Phi) is 7.05. The summed E-state index contributed by atoms with van der Waals surface area (Å²) in [5, 5.41) is 0. The van der Waals surface area contributed by atoms with Crippen LogP contribution < -0.4 is 14.2 Å². The maximum atomic E-state index is 12.6. The fourth-order valence-electron chi connectivity index (χ4n) is 5.34. The molecule has 0 bridgehead atoms. The highest BCUT2D eigenvalue weighted by molar-refractivity contribution is 7.88. The van der Waals surface area contributed by atoms with Crippen LogP contribution in [0.4, 0.5) is 0 Å². The van der Waals surface area contributed by atoms with Crippen molar-refractivity contribution >= 4 is 10.0 Å². The van der Waals surface area contributed by atoms with Crippen molar-refractivity contribution in [2.75, 3.05) is 13.3 Å². The Balaban J connectivity index is 1.16. The van der Waals surface area contributed by atoms with Gasteiger partial charge in [0.2, 0.25) is 16.8 Å². The third kappa shape index (κ3) is 5.81. The van der Waals surface area contributed by atoms with E-state index in [0.29, 0.717) is 18.2 Å². The maximum Gasteiger partial charge on any atom is 0.231 e. The molecule has 1 fully saturated rings. The standard InChI is InChI=1S/C29H31N5O4S/c1-19-3-2-4-24(32-19)28-27(23-9-10-25-26(15-23)38-18-37-25)33-29(34-28)22-7-5-20(6-8-22)16-31-39(35,36)17-21-11-13-30-14-12-21/h2-4,9-15,20,22,31H,5-8,16-18H2,1H3,(H,33,34). The van der Waals surface area contributed by atoms with Crippen molar-refractivity contribution in [3.63, 3.8) is 0 Å². The molecule has 1 aliphatic heterocycles. The number of pyridine rings is 2. The summed E-state index contributed by atoms with van der Waals surface area (Å²) in [5.41, 5.74) is 5.19. The van der Waals surface area contributed by atoms with Gasteiger partial charge in [0.1, 0.15) is 5.82 Å².